The molecule has 2 heterocycles. The molecule has 0 aliphatic heterocycles. The lowest BCUT2D eigenvalue weighted by Gasteiger charge is -2.16. The number of allylic oxidation sites excluding steroid dienone is 4. The fraction of sp³-hybridized carbons (Fsp3) is 0.217. The highest BCUT2D eigenvalue weighted by atomic mass is 19.1. The first-order chi connectivity index (χ1) is 14.9. The largest absolute Gasteiger partial charge is 0.360 e. The number of hydrogen-bond donors (Lipinski definition) is 1. The van der Waals surface area contributed by atoms with E-state index in [4.69, 9.17) is 0 Å². The first-order valence-corrected chi connectivity index (χ1v) is 9.81. The Morgan fingerprint density at radius 1 is 1.23 bits per heavy atom. The van der Waals surface area contributed by atoms with Gasteiger partial charge in [0.25, 0.3) is 0 Å². The summed E-state index contributed by atoms with van der Waals surface area (Å²) in [6, 6.07) is 8.87. The smallest absolute Gasteiger partial charge is 0.241 e. The lowest BCUT2D eigenvalue weighted by atomic mass is 9.96. The molecule has 1 aromatic carbocycles. The summed E-state index contributed by atoms with van der Waals surface area (Å²) in [4.78, 5) is 26.9. The Morgan fingerprint density at radius 3 is 2.77 bits per heavy atom. The van der Waals surface area contributed by atoms with Crippen molar-refractivity contribution >= 4 is 28.2 Å². The normalized spacial score (nSPS) is 15.9. The van der Waals surface area contributed by atoms with E-state index in [1.807, 2.05) is 6.07 Å². The summed E-state index contributed by atoms with van der Waals surface area (Å²) in [5.74, 6) is 0.222. The molecule has 0 fully saturated rings. The standard InChI is InChI=1S/C23H21F2N5O/c1-30(2)21(31)13-27-23-18-7-5-14(17-8-6-16(24)11-19(17)25)10-20(18)28-22(29-23)15-4-3-9-26-12-15/h3-5,7-12,16H,6,13H2,1-2H3,(H,27,28,29). The van der Waals surface area contributed by atoms with E-state index >= 15 is 0 Å². The van der Waals surface area contributed by atoms with E-state index in [0.29, 0.717) is 39.2 Å². The molecule has 31 heavy (non-hydrogen) atoms. The number of rotatable bonds is 5. The Balaban J connectivity index is 1.80. The molecule has 4 rings (SSSR count). The van der Waals surface area contributed by atoms with Gasteiger partial charge < -0.3 is 10.2 Å². The zero-order valence-electron chi connectivity index (χ0n) is 17.1. The summed E-state index contributed by atoms with van der Waals surface area (Å²) in [5, 5.41) is 3.77. The van der Waals surface area contributed by atoms with Crippen LogP contribution in [0.2, 0.25) is 0 Å². The monoisotopic (exact) mass is 421 g/mol. The van der Waals surface area contributed by atoms with Gasteiger partial charge in [0.2, 0.25) is 5.91 Å². The van der Waals surface area contributed by atoms with Gasteiger partial charge in [-0.05, 0) is 35.9 Å². The zero-order valence-corrected chi connectivity index (χ0v) is 17.1. The van der Waals surface area contributed by atoms with Crippen molar-refractivity contribution in [1.29, 1.82) is 0 Å². The molecule has 8 heteroatoms. The van der Waals surface area contributed by atoms with Crippen molar-refractivity contribution in [3.63, 3.8) is 0 Å². The van der Waals surface area contributed by atoms with E-state index in [0.717, 1.165) is 6.08 Å². The topological polar surface area (TPSA) is 71.0 Å². The number of anilines is 1. The maximum Gasteiger partial charge on any atom is 0.241 e. The van der Waals surface area contributed by atoms with Gasteiger partial charge in [-0.3, -0.25) is 9.78 Å². The Bertz CT molecular complexity index is 1190. The average Bonchev–Trinajstić information content (AvgIpc) is 2.77. The quantitative estimate of drug-likeness (QED) is 0.670. The summed E-state index contributed by atoms with van der Waals surface area (Å²) in [6.07, 6.45) is 4.66. The molecule has 1 atom stereocenters. The highest BCUT2D eigenvalue weighted by molar-refractivity contribution is 5.95. The van der Waals surface area contributed by atoms with E-state index in [9.17, 15) is 13.6 Å². The number of hydrogen-bond acceptors (Lipinski definition) is 5. The van der Waals surface area contributed by atoms with Crippen molar-refractivity contribution < 1.29 is 13.6 Å². The Kier molecular flexibility index (Phi) is 5.70. The predicted molar refractivity (Wildman–Crippen MR) is 117 cm³/mol. The number of pyridine rings is 1. The third kappa shape index (κ3) is 4.42. The van der Waals surface area contributed by atoms with Crippen molar-refractivity contribution in [2.24, 2.45) is 0 Å². The zero-order chi connectivity index (χ0) is 22.0. The summed E-state index contributed by atoms with van der Waals surface area (Å²) in [5.41, 5.74) is 2.22. The van der Waals surface area contributed by atoms with E-state index in [1.165, 1.54) is 4.90 Å². The number of carbonyl (C=O) groups is 1. The van der Waals surface area contributed by atoms with Crippen LogP contribution in [0.4, 0.5) is 14.6 Å². The lowest BCUT2D eigenvalue weighted by Crippen LogP contribution is -2.28. The van der Waals surface area contributed by atoms with Gasteiger partial charge in [0.15, 0.2) is 5.82 Å². The molecule has 1 amide bonds. The SMILES string of the molecule is CN(C)C(=O)CNc1nc(-c2cccnc2)nc2cc(C3=CCC(F)C=C3F)ccc12. The molecular weight excluding hydrogens is 400 g/mol. The highest BCUT2D eigenvalue weighted by Gasteiger charge is 2.18. The van der Waals surface area contributed by atoms with Gasteiger partial charge in [-0.1, -0.05) is 12.1 Å². The average molecular weight is 421 g/mol. The van der Waals surface area contributed by atoms with Gasteiger partial charge in [-0.15, -0.1) is 0 Å². The second-order valence-electron chi connectivity index (χ2n) is 7.40. The second kappa shape index (κ2) is 8.59. The van der Waals surface area contributed by atoms with Gasteiger partial charge in [-0.2, -0.15) is 0 Å². The van der Waals surface area contributed by atoms with Gasteiger partial charge in [0.1, 0.15) is 17.8 Å². The molecule has 0 spiro atoms. The second-order valence-corrected chi connectivity index (χ2v) is 7.40. The van der Waals surface area contributed by atoms with E-state index < -0.39 is 12.0 Å². The number of aromatic nitrogens is 3. The fourth-order valence-electron chi connectivity index (χ4n) is 3.27. The number of fused-ring (bicyclic) bond motifs is 1. The van der Waals surface area contributed by atoms with Gasteiger partial charge in [-0.25, -0.2) is 18.7 Å². The van der Waals surface area contributed by atoms with Crippen LogP contribution in [-0.4, -0.2) is 52.6 Å². The van der Waals surface area contributed by atoms with Crippen LogP contribution in [0, 0.1) is 0 Å². The van der Waals surface area contributed by atoms with Crippen LogP contribution >= 0.6 is 0 Å². The molecule has 6 nitrogen and oxygen atoms in total. The number of alkyl halides is 1. The molecule has 1 unspecified atom stereocenters. The van der Waals surface area contributed by atoms with Crippen LogP contribution in [0.5, 0.6) is 0 Å². The van der Waals surface area contributed by atoms with E-state index in [2.05, 4.69) is 20.3 Å². The Morgan fingerprint density at radius 2 is 2.06 bits per heavy atom. The Hall–Kier alpha value is -3.68. The van der Waals surface area contributed by atoms with Gasteiger partial charge in [0, 0.05) is 49.4 Å². The Labute approximate surface area is 178 Å². The molecular formula is C23H21F2N5O. The van der Waals surface area contributed by atoms with Crippen LogP contribution < -0.4 is 5.32 Å². The maximum absolute atomic E-state index is 14.4. The highest BCUT2D eigenvalue weighted by Crippen LogP contribution is 2.33. The number of likely N-dealkylation sites (N-methyl/N-ethyl adjacent to an activating group) is 1. The molecule has 2 aromatic heterocycles. The summed E-state index contributed by atoms with van der Waals surface area (Å²) in [7, 11) is 3.36. The molecule has 1 aliphatic rings. The molecule has 1 N–H and O–H groups in total. The lowest BCUT2D eigenvalue weighted by molar-refractivity contribution is -0.126. The number of nitrogens with zero attached hydrogens (tertiary/aromatic N) is 4. The third-order valence-electron chi connectivity index (χ3n) is 4.97. The fourth-order valence-corrected chi connectivity index (χ4v) is 3.27. The first-order valence-electron chi connectivity index (χ1n) is 9.81. The number of benzene rings is 1. The first kappa shape index (κ1) is 20.6. The maximum atomic E-state index is 14.4. The molecule has 3 aromatic rings. The van der Waals surface area contributed by atoms with Gasteiger partial charge >= 0.3 is 0 Å². The summed E-state index contributed by atoms with van der Waals surface area (Å²) >= 11 is 0. The minimum absolute atomic E-state index is 0.0632. The minimum atomic E-state index is -1.31. The number of carbonyl (C=O) groups excluding carboxylic acids is 1. The summed E-state index contributed by atoms with van der Waals surface area (Å²) in [6.45, 7) is 0.0632. The molecule has 1 aliphatic carbocycles. The van der Waals surface area contributed by atoms with Crippen molar-refractivity contribution in [3.8, 4) is 11.4 Å². The minimum Gasteiger partial charge on any atom is -0.360 e. The van der Waals surface area contributed by atoms with Crippen molar-refractivity contribution in [2.75, 3.05) is 26.0 Å². The van der Waals surface area contributed by atoms with Crippen LogP contribution in [-0.2, 0) is 4.79 Å². The molecule has 158 valence electrons. The molecule has 0 saturated carbocycles. The van der Waals surface area contributed by atoms with E-state index in [1.54, 1.807) is 56.8 Å². The van der Waals surface area contributed by atoms with Crippen LogP contribution in [0.3, 0.4) is 0 Å². The van der Waals surface area contributed by atoms with Gasteiger partial charge in [0.05, 0.1) is 12.1 Å². The van der Waals surface area contributed by atoms with E-state index in [-0.39, 0.29) is 18.9 Å². The predicted octanol–water partition coefficient (Wildman–Crippen LogP) is 4.17. The number of halogens is 2. The van der Waals surface area contributed by atoms with Crippen LogP contribution in [0.15, 0.2) is 60.7 Å². The molecule has 0 saturated heterocycles. The van der Waals surface area contributed by atoms with Crippen molar-refractivity contribution in [3.05, 3.63) is 66.3 Å². The van der Waals surface area contributed by atoms with Crippen LogP contribution in [0.1, 0.15) is 12.0 Å². The molecule has 0 bridgehead atoms. The number of nitrogens with one attached hydrogen (secondary N) is 1. The third-order valence-corrected chi connectivity index (χ3v) is 4.97. The summed E-state index contributed by atoms with van der Waals surface area (Å²) < 4.78 is 27.8. The number of amides is 1. The molecule has 0 radical (unpaired) electrons. The van der Waals surface area contributed by atoms with Crippen molar-refractivity contribution in [1.82, 2.24) is 19.9 Å². The van der Waals surface area contributed by atoms with Crippen molar-refractivity contribution in [2.45, 2.75) is 12.6 Å². The van der Waals surface area contributed by atoms with Crippen LogP contribution in [0.25, 0.3) is 27.9 Å².